The molecule has 0 N–H and O–H groups in total. The van der Waals surface area contributed by atoms with E-state index in [4.69, 9.17) is 4.74 Å². The van der Waals surface area contributed by atoms with Gasteiger partial charge in [0.1, 0.15) is 5.52 Å². The molecule has 0 radical (unpaired) electrons. The molecule has 0 fully saturated rings. The number of nitrogens with zero attached hydrogens (tertiary/aromatic N) is 3. The standard InChI is InChI=1S/C18H12F3N3O3/c19-18(20,21)13-8-5-12(6-9-13)7-10-16(25)27-11-24-17(26)14-3-1-2-4-15(14)22-23-24/h1-10H,11H2/b10-7+. The highest BCUT2D eigenvalue weighted by Gasteiger charge is 2.29. The van der Waals surface area contributed by atoms with E-state index in [0.29, 0.717) is 16.5 Å². The van der Waals surface area contributed by atoms with Crippen molar-refractivity contribution in [2.75, 3.05) is 0 Å². The molecule has 0 amide bonds. The predicted octanol–water partition coefficient (Wildman–Crippen LogP) is 3.02. The van der Waals surface area contributed by atoms with Gasteiger partial charge in [-0.25, -0.2) is 4.79 Å². The first-order chi connectivity index (χ1) is 12.8. The number of hydrogen-bond donors (Lipinski definition) is 0. The van der Waals surface area contributed by atoms with Gasteiger partial charge in [0.25, 0.3) is 5.56 Å². The summed E-state index contributed by atoms with van der Waals surface area (Å²) in [6.45, 7) is -0.438. The Morgan fingerprint density at radius 3 is 2.52 bits per heavy atom. The second-order valence-electron chi connectivity index (χ2n) is 5.46. The molecule has 0 bridgehead atoms. The van der Waals surface area contributed by atoms with Crippen LogP contribution in [0.5, 0.6) is 0 Å². The van der Waals surface area contributed by atoms with E-state index < -0.39 is 30.0 Å². The number of alkyl halides is 3. The van der Waals surface area contributed by atoms with E-state index in [9.17, 15) is 22.8 Å². The molecule has 0 unspecified atom stereocenters. The van der Waals surface area contributed by atoms with Crippen LogP contribution in [0.25, 0.3) is 17.0 Å². The molecule has 0 aliphatic rings. The third-order valence-corrected chi connectivity index (χ3v) is 3.61. The van der Waals surface area contributed by atoms with Gasteiger partial charge in [-0.1, -0.05) is 29.5 Å². The molecule has 2 aromatic carbocycles. The van der Waals surface area contributed by atoms with Crippen molar-refractivity contribution in [3.63, 3.8) is 0 Å². The Labute approximate surface area is 150 Å². The topological polar surface area (TPSA) is 74.1 Å². The van der Waals surface area contributed by atoms with E-state index >= 15 is 0 Å². The minimum atomic E-state index is -4.42. The van der Waals surface area contributed by atoms with Crippen molar-refractivity contribution < 1.29 is 22.7 Å². The maximum absolute atomic E-state index is 12.5. The summed E-state index contributed by atoms with van der Waals surface area (Å²) in [5.41, 5.74) is -0.425. The van der Waals surface area contributed by atoms with Crippen LogP contribution < -0.4 is 5.56 Å². The Hall–Kier alpha value is -3.49. The maximum Gasteiger partial charge on any atom is 0.416 e. The first-order valence-electron chi connectivity index (χ1n) is 7.69. The molecule has 9 heteroatoms. The Bertz CT molecular complexity index is 1060. The number of hydrogen-bond acceptors (Lipinski definition) is 5. The smallest absolute Gasteiger partial charge is 0.416 e. The summed E-state index contributed by atoms with van der Waals surface area (Å²) in [5.74, 6) is -0.781. The van der Waals surface area contributed by atoms with Gasteiger partial charge in [-0.2, -0.15) is 17.9 Å². The van der Waals surface area contributed by atoms with Crippen molar-refractivity contribution >= 4 is 22.9 Å². The zero-order valence-corrected chi connectivity index (χ0v) is 13.7. The van der Waals surface area contributed by atoms with Crippen molar-refractivity contribution in [2.24, 2.45) is 0 Å². The number of halogens is 3. The van der Waals surface area contributed by atoms with Gasteiger partial charge in [0, 0.05) is 6.08 Å². The van der Waals surface area contributed by atoms with Crippen LogP contribution in [0.2, 0.25) is 0 Å². The summed E-state index contributed by atoms with van der Waals surface area (Å²) in [5, 5.41) is 7.87. The van der Waals surface area contributed by atoms with Crippen molar-refractivity contribution in [2.45, 2.75) is 12.9 Å². The van der Waals surface area contributed by atoms with Gasteiger partial charge in [-0.15, -0.1) is 5.10 Å². The third kappa shape index (κ3) is 4.38. The molecule has 1 aromatic heterocycles. The second-order valence-corrected chi connectivity index (χ2v) is 5.46. The van der Waals surface area contributed by atoms with Crippen molar-refractivity contribution in [3.05, 3.63) is 76.1 Å². The fourth-order valence-electron chi connectivity index (χ4n) is 2.23. The number of carbonyl (C=O) groups is 1. The number of ether oxygens (including phenoxy) is 1. The molecule has 3 rings (SSSR count). The molecule has 0 aliphatic carbocycles. The lowest BCUT2D eigenvalue weighted by Gasteiger charge is -2.06. The molecule has 0 atom stereocenters. The van der Waals surface area contributed by atoms with Crippen molar-refractivity contribution in [3.8, 4) is 0 Å². The van der Waals surface area contributed by atoms with Gasteiger partial charge in [-0.3, -0.25) is 4.79 Å². The van der Waals surface area contributed by atoms with Crippen molar-refractivity contribution in [1.82, 2.24) is 15.0 Å². The Morgan fingerprint density at radius 2 is 1.81 bits per heavy atom. The average Bonchev–Trinajstić information content (AvgIpc) is 2.65. The number of esters is 1. The van der Waals surface area contributed by atoms with E-state index in [-0.39, 0.29) is 0 Å². The maximum atomic E-state index is 12.5. The summed E-state index contributed by atoms with van der Waals surface area (Å²) in [7, 11) is 0. The first-order valence-corrected chi connectivity index (χ1v) is 7.69. The quantitative estimate of drug-likeness (QED) is 0.518. The monoisotopic (exact) mass is 375 g/mol. The lowest BCUT2D eigenvalue weighted by molar-refractivity contribution is -0.142. The molecule has 0 saturated heterocycles. The summed E-state index contributed by atoms with van der Waals surface area (Å²) in [6, 6.07) is 10.9. The summed E-state index contributed by atoms with van der Waals surface area (Å²) < 4.78 is 43.3. The van der Waals surface area contributed by atoms with Crippen LogP contribution in [0, 0.1) is 0 Å². The van der Waals surface area contributed by atoms with Gasteiger partial charge in [0.05, 0.1) is 10.9 Å². The molecular weight excluding hydrogens is 363 g/mol. The SMILES string of the molecule is O=C(/C=C/c1ccc(C(F)(F)F)cc1)OCn1nnc2ccccc2c1=O. The highest BCUT2D eigenvalue weighted by atomic mass is 19.4. The van der Waals surface area contributed by atoms with E-state index in [2.05, 4.69) is 10.3 Å². The largest absolute Gasteiger partial charge is 0.439 e. The zero-order chi connectivity index (χ0) is 19.4. The van der Waals surface area contributed by atoms with E-state index in [1.165, 1.54) is 18.2 Å². The fraction of sp³-hybridized carbons (Fsp3) is 0.111. The number of benzene rings is 2. The Kier molecular flexibility index (Phi) is 5.02. The number of rotatable bonds is 4. The minimum absolute atomic E-state index is 0.337. The van der Waals surface area contributed by atoms with E-state index in [1.54, 1.807) is 24.3 Å². The lowest BCUT2D eigenvalue weighted by atomic mass is 10.1. The highest BCUT2D eigenvalue weighted by molar-refractivity contribution is 5.86. The molecule has 1 heterocycles. The molecule has 0 saturated carbocycles. The highest BCUT2D eigenvalue weighted by Crippen LogP contribution is 2.29. The van der Waals surface area contributed by atoms with Gasteiger partial charge >= 0.3 is 12.1 Å². The van der Waals surface area contributed by atoms with Crippen LogP contribution in [-0.2, 0) is 22.4 Å². The fourth-order valence-corrected chi connectivity index (χ4v) is 2.23. The average molecular weight is 375 g/mol. The zero-order valence-electron chi connectivity index (χ0n) is 13.7. The third-order valence-electron chi connectivity index (χ3n) is 3.61. The number of fused-ring (bicyclic) bond motifs is 1. The van der Waals surface area contributed by atoms with Gasteiger partial charge in [-0.05, 0) is 35.9 Å². The van der Waals surface area contributed by atoms with Gasteiger partial charge in [0.2, 0.25) is 0 Å². The van der Waals surface area contributed by atoms with Crippen LogP contribution in [0.1, 0.15) is 11.1 Å². The summed E-state index contributed by atoms with van der Waals surface area (Å²) >= 11 is 0. The molecule has 0 aliphatic heterocycles. The number of carbonyl (C=O) groups excluding carboxylic acids is 1. The predicted molar refractivity (Wildman–Crippen MR) is 90.4 cm³/mol. The number of aromatic nitrogens is 3. The van der Waals surface area contributed by atoms with Crippen LogP contribution in [0.15, 0.2) is 59.4 Å². The van der Waals surface area contributed by atoms with Gasteiger partial charge in [0.15, 0.2) is 6.73 Å². The van der Waals surface area contributed by atoms with Crippen LogP contribution in [0.3, 0.4) is 0 Å². The Balaban J connectivity index is 1.64. The minimum Gasteiger partial charge on any atom is -0.439 e. The van der Waals surface area contributed by atoms with Crippen LogP contribution in [-0.4, -0.2) is 21.0 Å². The molecule has 3 aromatic rings. The molecular formula is C18H12F3N3O3. The normalized spacial score (nSPS) is 11.8. The van der Waals surface area contributed by atoms with Crippen LogP contribution >= 0.6 is 0 Å². The summed E-state index contributed by atoms with van der Waals surface area (Å²) in [4.78, 5) is 23.9. The van der Waals surface area contributed by atoms with E-state index in [0.717, 1.165) is 22.9 Å². The van der Waals surface area contributed by atoms with Gasteiger partial charge < -0.3 is 4.74 Å². The molecule has 0 spiro atoms. The molecule has 6 nitrogen and oxygen atoms in total. The second kappa shape index (κ2) is 7.40. The summed E-state index contributed by atoms with van der Waals surface area (Å²) in [6.07, 6.45) is -2.07. The van der Waals surface area contributed by atoms with Crippen LogP contribution in [0.4, 0.5) is 13.2 Å². The molecule has 138 valence electrons. The molecule has 27 heavy (non-hydrogen) atoms. The van der Waals surface area contributed by atoms with E-state index in [1.807, 2.05) is 0 Å². The first kappa shape index (κ1) is 18.3. The Morgan fingerprint density at radius 1 is 1.11 bits per heavy atom. The van der Waals surface area contributed by atoms with Crippen molar-refractivity contribution in [1.29, 1.82) is 0 Å². The lowest BCUT2D eigenvalue weighted by Crippen LogP contribution is -2.26.